The molecule has 4 heteroatoms. The van der Waals surface area contributed by atoms with E-state index in [1.807, 2.05) is 0 Å². The third kappa shape index (κ3) is 5.33. The zero-order valence-electron chi connectivity index (χ0n) is 10.5. The highest BCUT2D eigenvalue weighted by Gasteiger charge is 2.16. The van der Waals surface area contributed by atoms with Crippen molar-refractivity contribution in [3.63, 3.8) is 0 Å². The zero-order valence-corrected chi connectivity index (χ0v) is 10.5. The van der Waals surface area contributed by atoms with Gasteiger partial charge in [-0.15, -0.1) is 0 Å². The van der Waals surface area contributed by atoms with Crippen LogP contribution < -0.4 is 4.74 Å². The molecule has 0 heterocycles. The van der Waals surface area contributed by atoms with Crippen LogP contribution in [0.3, 0.4) is 0 Å². The monoisotopic (exact) mass is 240 g/mol. The Balaban J connectivity index is 2.53. The first-order chi connectivity index (χ1) is 7.76. The number of hydrogen-bond acceptors (Lipinski definition) is 3. The van der Waals surface area contributed by atoms with Crippen molar-refractivity contribution in [2.75, 3.05) is 6.61 Å². The van der Waals surface area contributed by atoms with Gasteiger partial charge in [0.1, 0.15) is 17.2 Å². The largest absolute Gasteiger partial charge is 0.482 e. The van der Waals surface area contributed by atoms with E-state index in [0.29, 0.717) is 5.75 Å². The molecule has 0 aromatic heterocycles. The lowest BCUT2D eigenvalue weighted by molar-refractivity contribution is -0.157. The molecule has 0 saturated heterocycles. The van der Waals surface area contributed by atoms with Crippen molar-refractivity contribution < 1.29 is 18.7 Å². The van der Waals surface area contributed by atoms with Crippen molar-refractivity contribution in [3.8, 4) is 5.75 Å². The van der Waals surface area contributed by atoms with E-state index in [1.165, 1.54) is 12.1 Å². The Morgan fingerprint density at radius 1 is 1.29 bits per heavy atom. The van der Waals surface area contributed by atoms with E-state index in [0.717, 1.165) is 5.56 Å². The molecule has 0 aliphatic heterocycles. The van der Waals surface area contributed by atoms with Crippen LogP contribution in [-0.4, -0.2) is 18.2 Å². The summed E-state index contributed by atoms with van der Waals surface area (Å²) >= 11 is 0. The van der Waals surface area contributed by atoms with Crippen LogP contribution in [0.15, 0.2) is 18.2 Å². The molecule has 0 bridgehead atoms. The minimum Gasteiger partial charge on any atom is -0.482 e. The van der Waals surface area contributed by atoms with Crippen LogP contribution in [0.5, 0.6) is 5.75 Å². The quantitative estimate of drug-likeness (QED) is 0.762. The van der Waals surface area contributed by atoms with Gasteiger partial charge < -0.3 is 9.47 Å². The van der Waals surface area contributed by atoms with Gasteiger partial charge >= 0.3 is 5.97 Å². The van der Waals surface area contributed by atoms with Gasteiger partial charge in [0.05, 0.1) is 0 Å². The Hall–Kier alpha value is -1.58. The van der Waals surface area contributed by atoms with Crippen LogP contribution in [0.4, 0.5) is 4.39 Å². The number of aryl methyl sites for hydroxylation is 1. The maximum Gasteiger partial charge on any atom is 0.344 e. The minimum atomic E-state index is -0.543. The fraction of sp³-hybridized carbons (Fsp3) is 0.462. The summed E-state index contributed by atoms with van der Waals surface area (Å²) in [5.41, 5.74) is 0.197. The molecule has 0 atom stereocenters. The number of esters is 1. The van der Waals surface area contributed by atoms with Gasteiger partial charge in [0.15, 0.2) is 6.61 Å². The second-order valence-corrected chi connectivity index (χ2v) is 4.84. The smallest absolute Gasteiger partial charge is 0.344 e. The molecule has 1 rings (SSSR count). The first-order valence-corrected chi connectivity index (χ1v) is 5.38. The number of carbonyl (C=O) groups excluding carboxylic acids is 1. The lowest BCUT2D eigenvalue weighted by Crippen LogP contribution is -2.27. The van der Waals surface area contributed by atoms with E-state index in [2.05, 4.69) is 0 Å². The molecular formula is C13H17FO3. The summed E-state index contributed by atoms with van der Waals surface area (Å²) in [7, 11) is 0. The second-order valence-electron chi connectivity index (χ2n) is 4.84. The molecule has 1 aromatic carbocycles. The first kappa shape index (κ1) is 13.5. The van der Waals surface area contributed by atoms with Gasteiger partial charge in [-0.2, -0.15) is 0 Å². The Labute approximate surface area is 101 Å². The summed E-state index contributed by atoms with van der Waals surface area (Å²) < 4.78 is 23.3. The van der Waals surface area contributed by atoms with Crippen molar-refractivity contribution >= 4 is 5.97 Å². The number of carbonyl (C=O) groups is 1. The summed E-state index contributed by atoms with van der Waals surface area (Å²) in [4.78, 5) is 11.4. The highest BCUT2D eigenvalue weighted by atomic mass is 19.1. The lowest BCUT2D eigenvalue weighted by atomic mass is 10.2. The Bertz CT molecular complexity index is 387. The van der Waals surface area contributed by atoms with E-state index in [-0.39, 0.29) is 12.4 Å². The third-order valence-corrected chi connectivity index (χ3v) is 1.79. The van der Waals surface area contributed by atoms with Crippen molar-refractivity contribution in [2.45, 2.75) is 33.3 Å². The predicted molar refractivity (Wildman–Crippen MR) is 62.5 cm³/mol. The summed E-state index contributed by atoms with van der Waals surface area (Å²) in [5.74, 6) is -0.531. The number of ether oxygens (including phenoxy) is 2. The molecular weight excluding hydrogens is 223 g/mol. The second kappa shape index (κ2) is 5.17. The van der Waals surface area contributed by atoms with Crippen molar-refractivity contribution in [1.82, 2.24) is 0 Å². The molecule has 17 heavy (non-hydrogen) atoms. The topological polar surface area (TPSA) is 35.5 Å². The normalized spacial score (nSPS) is 11.1. The zero-order chi connectivity index (χ0) is 13.1. The average Bonchev–Trinajstić information content (AvgIpc) is 2.10. The molecule has 0 spiro atoms. The van der Waals surface area contributed by atoms with Crippen LogP contribution in [0, 0.1) is 12.7 Å². The summed E-state index contributed by atoms with van der Waals surface area (Å²) in [6, 6.07) is 4.28. The molecule has 0 amide bonds. The van der Waals surface area contributed by atoms with Gasteiger partial charge in [-0.1, -0.05) is 0 Å². The molecule has 0 N–H and O–H groups in total. The Morgan fingerprint density at radius 2 is 1.94 bits per heavy atom. The van der Waals surface area contributed by atoms with Crippen LogP contribution >= 0.6 is 0 Å². The standard InChI is InChI=1S/C13H17FO3/c1-9-5-10(14)7-11(6-9)16-8-12(15)17-13(2,3)4/h5-7H,8H2,1-4H3. The van der Waals surface area contributed by atoms with Gasteiger partial charge in [-0.25, -0.2) is 9.18 Å². The molecule has 3 nitrogen and oxygen atoms in total. The maximum absolute atomic E-state index is 13.0. The van der Waals surface area contributed by atoms with E-state index in [4.69, 9.17) is 9.47 Å². The minimum absolute atomic E-state index is 0.222. The first-order valence-electron chi connectivity index (χ1n) is 5.38. The van der Waals surface area contributed by atoms with Gasteiger partial charge in [0.25, 0.3) is 0 Å². The van der Waals surface area contributed by atoms with E-state index in [9.17, 15) is 9.18 Å². The SMILES string of the molecule is Cc1cc(F)cc(OCC(=O)OC(C)(C)C)c1. The molecule has 0 saturated carbocycles. The van der Waals surface area contributed by atoms with E-state index in [1.54, 1.807) is 33.8 Å². The molecule has 1 aromatic rings. The highest BCUT2D eigenvalue weighted by molar-refractivity contribution is 5.71. The fourth-order valence-corrected chi connectivity index (χ4v) is 1.30. The molecule has 0 fully saturated rings. The van der Waals surface area contributed by atoms with E-state index >= 15 is 0 Å². The van der Waals surface area contributed by atoms with Crippen LogP contribution in [0.25, 0.3) is 0 Å². The molecule has 0 unspecified atom stereocenters. The summed E-state index contributed by atoms with van der Waals surface area (Å²) in [5, 5.41) is 0. The summed E-state index contributed by atoms with van der Waals surface area (Å²) in [6.45, 7) is 6.86. The lowest BCUT2D eigenvalue weighted by Gasteiger charge is -2.19. The number of halogens is 1. The molecule has 0 aliphatic rings. The Kier molecular flexibility index (Phi) is 4.10. The average molecular weight is 240 g/mol. The number of rotatable bonds is 3. The van der Waals surface area contributed by atoms with Crippen LogP contribution in [0.1, 0.15) is 26.3 Å². The van der Waals surface area contributed by atoms with Gasteiger partial charge in [-0.3, -0.25) is 0 Å². The van der Waals surface area contributed by atoms with Gasteiger partial charge in [0.2, 0.25) is 0 Å². The number of benzene rings is 1. The highest BCUT2D eigenvalue weighted by Crippen LogP contribution is 2.16. The Morgan fingerprint density at radius 3 is 2.47 bits per heavy atom. The van der Waals surface area contributed by atoms with Crippen molar-refractivity contribution in [3.05, 3.63) is 29.6 Å². The summed E-state index contributed by atoms with van der Waals surface area (Å²) in [6.07, 6.45) is 0. The molecule has 94 valence electrons. The number of hydrogen-bond donors (Lipinski definition) is 0. The van der Waals surface area contributed by atoms with Crippen LogP contribution in [0.2, 0.25) is 0 Å². The van der Waals surface area contributed by atoms with Crippen molar-refractivity contribution in [2.24, 2.45) is 0 Å². The fourth-order valence-electron chi connectivity index (χ4n) is 1.30. The van der Waals surface area contributed by atoms with Gasteiger partial charge in [0, 0.05) is 6.07 Å². The molecule has 0 aliphatic carbocycles. The van der Waals surface area contributed by atoms with Crippen LogP contribution in [-0.2, 0) is 9.53 Å². The maximum atomic E-state index is 13.0. The van der Waals surface area contributed by atoms with Crippen molar-refractivity contribution in [1.29, 1.82) is 0 Å². The third-order valence-electron chi connectivity index (χ3n) is 1.79. The van der Waals surface area contributed by atoms with Gasteiger partial charge in [-0.05, 0) is 45.4 Å². The van der Waals surface area contributed by atoms with E-state index < -0.39 is 11.6 Å². The predicted octanol–water partition coefficient (Wildman–Crippen LogP) is 2.85. The molecule has 0 radical (unpaired) electrons.